The van der Waals surface area contributed by atoms with Gasteiger partial charge in [-0.25, -0.2) is 0 Å². The fourth-order valence-electron chi connectivity index (χ4n) is 3.79. The minimum atomic E-state index is -0.861. The second-order valence-corrected chi connectivity index (χ2v) is 9.36. The van der Waals surface area contributed by atoms with Gasteiger partial charge in [-0.2, -0.15) is 0 Å². The highest BCUT2D eigenvalue weighted by Crippen LogP contribution is 2.50. The Labute approximate surface area is 141 Å². The Balaban J connectivity index is 1.89. The van der Waals surface area contributed by atoms with E-state index in [1.807, 2.05) is 36.4 Å². The molecule has 1 aliphatic rings. The fourth-order valence-corrected chi connectivity index (χ4v) is 6.38. The van der Waals surface area contributed by atoms with E-state index in [4.69, 9.17) is 0 Å². The predicted molar refractivity (Wildman–Crippen MR) is 100 cm³/mol. The van der Waals surface area contributed by atoms with Crippen LogP contribution in [0.3, 0.4) is 0 Å². The molecule has 0 unspecified atom stereocenters. The van der Waals surface area contributed by atoms with Gasteiger partial charge in [-0.15, -0.1) is 7.92 Å². The summed E-state index contributed by atoms with van der Waals surface area (Å²) in [5.74, 6) is 0. The van der Waals surface area contributed by atoms with Crippen molar-refractivity contribution in [1.82, 2.24) is 0 Å². The molecule has 0 amide bonds. The van der Waals surface area contributed by atoms with E-state index in [9.17, 15) is 5.11 Å². The molecule has 2 heteroatoms. The predicted octanol–water partition coefficient (Wildman–Crippen LogP) is 5.37. The third-order valence-electron chi connectivity index (χ3n) is 5.18. The van der Waals surface area contributed by atoms with E-state index >= 15 is 0 Å². The highest BCUT2D eigenvalue weighted by molar-refractivity contribution is 7.57. The van der Waals surface area contributed by atoms with Gasteiger partial charge >= 0.3 is 0 Å². The molecule has 1 aliphatic carbocycles. The minimum absolute atomic E-state index is 0.184. The summed E-state index contributed by atoms with van der Waals surface area (Å²) in [5, 5.41) is 11.7. The zero-order chi connectivity index (χ0) is 16.1. The van der Waals surface area contributed by atoms with Gasteiger partial charge in [-0.1, -0.05) is 79.9 Å². The number of hydrogen-bond donors (Lipinski definition) is 1. The summed E-state index contributed by atoms with van der Waals surface area (Å²) in [6, 6.07) is 20.4. The Hall–Kier alpha value is -1.17. The molecule has 1 saturated carbocycles. The van der Waals surface area contributed by atoms with Gasteiger partial charge in [0, 0.05) is 6.16 Å². The summed E-state index contributed by atoms with van der Waals surface area (Å²) in [5.41, 5.74) is 2.01. The van der Waals surface area contributed by atoms with Crippen LogP contribution in [0.2, 0.25) is 0 Å². The SMILES string of the molecule is C[P@](CC(O)(c1ccccc1)c1ccccc1)C1CCCCC1. The highest BCUT2D eigenvalue weighted by atomic mass is 31.1. The second-order valence-electron chi connectivity index (χ2n) is 6.80. The van der Waals surface area contributed by atoms with Gasteiger partial charge in [0.15, 0.2) is 0 Å². The van der Waals surface area contributed by atoms with Gasteiger partial charge in [0.05, 0.1) is 0 Å². The quantitative estimate of drug-likeness (QED) is 0.733. The molecule has 122 valence electrons. The summed E-state index contributed by atoms with van der Waals surface area (Å²) < 4.78 is 0. The summed E-state index contributed by atoms with van der Waals surface area (Å²) in [4.78, 5) is 0. The van der Waals surface area contributed by atoms with E-state index in [2.05, 4.69) is 30.9 Å². The van der Waals surface area contributed by atoms with Crippen molar-refractivity contribution in [3.05, 3.63) is 71.8 Å². The molecule has 0 heterocycles. The van der Waals surface area contributed by atoms with Crippen LogP contribution >= 0.6 is 7.92 Å². The van der Waals surface area contributed by atoms with Crippen LogP contribution in [0.25, 0.3) is 0 Å². The first-order valence-electron chi connectivity index (χ1n) is 8.74. The van der Waals surface area contributed by atoms with E-state index in [-0.39, 0.29) is 7.92 Å². The van der Waals surface area contributed by atoms with E-state index < -0.39 is 5.60 Å². The van der Waals surface area contributed by atoms with Gasteiger partial charge in [-0.3, -0.25) is 0 Å². The van der Waals surface area contributed by atoms with E-state index in [1.165, 1.54) is 32.1 Å². The van der Waals surface area contributed by atoms with Crippen LogP contribution in [0.15, 0.2) is 60.7 Å². The average molecular weight is 326 g/mol. The standard InChI is InChI=1S/C21H27OP/c1-23(20-15-9-4-10-16-20)17-21(22,18-11-5-2-6-12-18)19-13-7-3-8-14-19/h2-3,5-8,11-14,20,22H,4,9-10,15-17H2,1H3/t23-/m1/s1. The van der Waals surface area contributed by atoms with Crippen LogP contribution in [0.1, 0.15) is 43.2 Å². The monoisotopic (exact) mass is 326 g/mol. The lowest BCUT2D eigenvalue weighted by atomic mass is 9.88. The Kier molecular flexibility index (Phi) is 5.51. The zero-order valence-corrected chi connectivity index (χ0v) is 14.9. The van der Waals surface area contributed by atoms with Crippen LogP contribution in [0.4, 0.5) is 0 Å². The van der Waals surface area contributed by atoms with Crippen LogP contribution in [-0.4, -0.2) is 23.6 Å². The molecule has 0 radical (unpaired) electrons. The van der Waals surface area contributed by atoms with Crippen molar-refractivity contribution in [2.24, 2.45) is 0 Å². The van der Waals surface area contributed by atoms with Gasteiger partial charge in [0.1, 0.15) is 5.60 Å². The van der Waals surface area contributed by atoms with Crippen molar-refractivity contribution < 1.29 is 5.11 Å². The maximum Gasteiger partial charge on any atom is 0.118 e. The van der Waals surface area contributed by atoms with Crippen LogP contribution in [0.5, 0.6) is 0 Å². The number of aliphatic hydroxyl groups is 1. The first-order chi connectivity index (χ1) is 11.2. The average Bonchev–Trinajstić information content (AvgIpc) is 2.64. The topological polar surface area (TPSA) is 20.2 Å². The van der Waals surface area contributed by atoms with Crippen molar-refractivity contribution >= 4 is 7.92 Å². The fraction of sp³-hybridized carbons (Fsp3) is 0.429. The Bertz CT molecular complexity index is 550. The highest BCUT2D eigenvalue weighted by Gasteiger charge is 2.35. The Morgan fingerprint density at radius 3 is 1.83 bits per heavy atom. The molecule has 0 aliphatic heterocycles. The van der Waals surface area contributed by atoms with Crippen LogP contribution in [0, 0.1) is 0 Å². The maximum absolute atomic E-state index is 11.7. The summed E-state index contributed by atoms with van der Waals surface area (Å²) in [6.07, 6.45) is 7.69. The van der Waals surface area contributed by atoms with Crippen molar-refractivity contribution in [2.45, 2.75) is 43.4 Å². The van der Waals surface area contributed by atoms with Crippen molar-refractivity contribution in [3.8, 4) is 0 Å². The third kappa shape index (κ3) is 3.84. The van der Waals surface area contributed by atoms with E-state index in [1.54, 1.807) is 0 Å². The number of hydrogen-bond acceptors (Lipinski definition) is 1. The molecule has 2 aromatic carbocycles. The minimum Gasteiger partial charge on any atom is -0.380 e. The second kappa shape index (κ2) is 7.60. The lowest BCUT2D eigenvalue weighted by Crippen LogP contribution is -2.32. The van der Waals surface area contributed by atoms with E-state index in [0.717, 1.165) is 22.9 Å². The molecule has 1 N–H and O–H groups in total. The lowest BCUT2D eigenvalue weighted by molar-refractivity contribution is 0.106. The van der Waals surface area contributed by atoms with Crippen molar-refractivity contribution in [3.63, 3.8) is 0 Å². The first-order valence-corrected chi connectivity index (χ1v) is 10.8. The molecule has 0 spiro atoms. The summed E-state index contributed by atoms with van der Waals surface area (Å²) in [6.45, 7) is 2.39. The molecule has 0 aromatic heterocycles. The Morgan fingerprint density at radius 2 is 1.35 bits per heavy atom. The third-order valence-corrected chi connectivity index (χ3v) is 7.90. The maximum atomic E-state index is 11.7. The number of rotatable bonds is 5. The largest absolute Gasteiger partial charge is 0.380 e. The van der Waals surface area contributed by atoms with Crippen LogP contribution in [-0.2, 0) is 5.60 Å². The van der Waals surface area contributed by atoms with E-state index in [0.29, 0.717) is 0 Å². The van der Waals surface area contributed by atoms with Crippen molar-refractivity contribution in [1.29, 1.82) is 0 Å². The van der Waals surface area contributed by atoms with Gasteiger partial charge in [-0.05, 0) is 36.3 Å². The molecule has 0 saturated heterocycles. The van der Waals surface area contributed by atoms with Gasteiger partial charge in [0.25, 0.3) is 0 Å². The van der Waals surface area contributed by atoms with Crippen LogP contribution < -0.4 is 0 Å². The molecule has 2 aromatic rings. The molecular formula is C21H27OP. The van der Waals surface area contributed by atoms with Gasteiger partial charge < -0.3 is 5.11 Å². The molecule has 1 fully saturated rings. The Morgan fingerprint density at radius 1 is 0.870 bits per heavy atom. The molecule has 1 atom stereocenters. The molecule has 1 nitrogen and oxygen atoms in total. The molecule has 0 bridgehead atoms. The molecule has 23 heavy (non-hydrogen) atoms. The lowest BCUT2D eigenvalue weighted by Gasteiger charge is -2.36. The summed E-state index contributed by atoms with van der Waals surface area (Å²) >= 11 is 0. The van der Waals surface area contributed by atoms with Crippen molar-refractivity contribution in [2.75, 3.05) is 12.8 Å². The smallest absolute Gasteiger partial charge is 0.118 e. The number of benzene rings is 2. The first kappa shape index (κ1) is 16.7. The summed E-state index contributed by atoms with van der Waals surface area (Å²) in [7, 11) is -0.184. The van der Waals surface area contributed by atoms with Gasteiger partial charge in [0.2, 0.25) is 0 Å². The molecule has 3 rings (SSSR count). The zero-order valence-electron chi connectivity index (χ0n) is 14.0. The molecular weight excluding hydrogens is 299 g/mol. The normalized spacial score (nSPS) is 17.8.